The molecule has 2 rings (SSSR count). The molecule has 2 aromatic rings. The summed E-state index contributed by atoms with van der Waals surface area (Å²) in [5, 5.41) is 7.81. The van der Waals surface area contributed by atoms with Crippen molar-refractivity contribution in [2.45, 2.75) is 5.88 Å². The molecule has 0 atom stereocenters. The molecule has 0 fully saturated rings. The maximum Gasteiger partial charge on any atom is 0.238 e. The van der Waals surface area contributed by atoms with Crippen LogP contribution >= 0.6 is 34.2 Å². The van der Waals surface area contributed by atoms with Crippen LogP contribution in [0.1, 0.15) is 5.69 Å². The molecular formula is C11H8ClIN2O. The Hall–Kier alpha value is -0.880. The van der Waals surface area contributed by atoms with Crippen LogP contribution < -0.4 is 4.74 Å². The molecule has 3 nitrogen and oxygen atoms in total. The van der Waals surface area contributed by atoms with E-state index < -0.39 is 0 Å². The molecule has 0 unspecified atom stereocenters. The molecule has 0 aliphatic rings. The van der Waals surface area contributed by atoms with Crippen molar-refractivity contribution in [2.24, 2.45) is 0 Å². The first-order valence-corrected chi connectivity index (χ1v) is 6.21. The summed E-state index contributed by atoms with van der Waals surface area (Å²) < 4.78 is 6.67. The zero-order chi connectivity index (χ0) is 11.4. The van der Waals surface area contributed by atoms with Gasteiger partial charge in [0, 0.05) is 9.64 Å². The SMILES string of the molecule is ClCc1ccc(Oc2ccc(I)cc2)nn1. The number of rotatable bonds is 3. The smallest absolute Gasteiger partial charge is 0.238 e. The zero-order valence-corrected chi connectivity index (χ0v) is 11.1. The van der Waals surface area contributed by atoms with E-state index in [0.717, 1.165) is 15.0 Å². The quantitative estimate of drug-likeness (QED) is 0.629. The summed E-state index contributed by atoms with van der Waals surface area (Å²) >= 11 is 7.85. The number of alkyl halides is 1. The molecule has 5 heteroatoms. The molecule has 0 aliphatic heterocycles. The zero-order valence-electron chi connectivity index (χ0n) is 8.23. The fourth-order valence-electron chi connectivity index (χ4n) is 1.10. The molecule has 0 saturated carbocycles. The van der Waals surface area contributed by atoms with Crippen molar-refractivity contribution in [1.82, 2.24) is 10.2 Å². The lowest BCUT2D eigenvalue weighted by atomic mass is 10.3. The van der Waals surface area contributed by atoms with Crippen molar-refractivity contribution < 1.29 is 4.74 Å². The molecule has 82 valence electrons. The predicted octanol–water partition coefficient (Wildman–Crippen LogP) is 3.61. The number of halogens is 2. The Morgan fingerprint density at radius 3 is 2.38 bits per heavy atom. The van der Waals surface area contributed by atoms with E-state index in [0.29, 0.717) is 11.8 Å². The van der Waals surface area contributed by atoms with Crippen LogP contribution in [-0.2, 0) is 5.88 Å². The van der Waals surface area contributed by atoms with E-state index >= 15 is 0 Å². The van der Waals surface area contributed by atoms with Gasteiger partial charge in [0.2, 0.25) is 5.88 Å². The van der Waals surface area contributed by atoms with Gasteiger partial charge in [-0.3, -0.25) is 0 Å². The minimum Gasteiger partial charge on any atom is -0.438 e. The van der Waals surface area contributed by atoms with E-state index in [1.807, 2.05) is 24.3 Å². The van der Waals surface area contributed by atoms with Gasteiger partial charge < -0.3 is 4.74 Å². The van der Waals surface area contributed by atoms with Crippen LogP contribution in [0.15, 0.2) is 36.4 Å². The number of nitrogens with zero attached hydrogens (tertiary/aromatic N) is 2. The highest BCUT2D eigenvalue weighted by Gasteiger charge is 1.99. The minimum atomic E-state index is 0.358. The second-order valence-electron chi connectivity index (χ2n) is 3.05. The van der Waals surface area contributed by atoms with Crippen LogP contribution in [0.2, 0.25) is 0 Å². The maximum atomic E-state index is 5.61. The number of hydrogen-bond donors (Lipinski definition) is 0. The third kappa shape index (κ3) is 3.05. The second-order valence-corrected chi connectivity index (χ2v) is 4.57. The molecule has 1 heterocycles. The fraction of sp³-hybridized carbons (Fsp3) is 0.0909. The van der Waals surface area contributed by atoms with Crippen molar-refractivity contribution in [3.8, 4) is 11.6 Å². The third-order valence-electron chi connectivity index (χ3n) is 1.87. The van der Waals surface area contributed by atoms with Crippen molar-refractivity contribution in [1.29, 1.82) is 0 Å². The van der Waals surface area contributed by atoms with Gasteiger partial charge in [0.1, 0.15) is 5.75 Å². The molecule has 0 saturated heterocycles. The fourth-order valence-corrected chi connectivity index (χ4v) is 1.60. The predicted molar refractivity (Wildman–Crippen MR) is 70.8 cm³/mol. The summed E-state index contributed by atoms with van der Waals surface area (Å²) in [7, 11) is 0. The summed E-state index contributed by atoms with van der Waals surface area (Å²) in [6.45, 7) is 0. The standard InChI is InChI=1S/C11H8ClIN2O/c12-7-9-3-6-11(15-14-9)16-10-4-1-8(13)2-5-10/h1-6H,7H2. The van der Waals surface area contributed by atoms with Crippen molar-refractivity contribution in [3.05, 3.63) is 45.7 Å². The molecule has 0 amide bonds. The molecule has 1 aromatic heterocycles. The number of aromatic nitrogens is 2. The summed E-state index contributed by atoms with van der Waals surface area (Å²) in [5.74, 6) is 1.57. The molecule has 0 aliphatic carbocycles. The first-order chi connectivity index (χ1) is 7.78. The lowest BCUT2D eigenvalue weighted by molar-refractivity contribution is 0.454. The van der Waals surface area contributed by atoms with Gasteiger partial charge in [-0.2, -0.15) is 5.10 Å². The van der Waals surface area contributed by atoms with Gasteiger partial charge in [-0.05, 0) is 52.9 Å². The number of benzene rings is 1. The third-order valence-corrected chi connectivity index (χ3v) is 2.86. The van der Waals surface area contributed by atoms with Crippen molar-refractivity contribution >= 4 is 34.2 Å². The summed E-state index contributed by atoms with van der Waals surface area (Å²) in [5.41, 5.74) is 0.733. The Kier molecular flexibility index (Phi) is 3.95. The van der Waals surface area contributed by atoms with Gasteiger partial charge in [0.15, 0.2) is 0 Å². The van der Waals surface area contributed by atoms with E-state index in [-0.39, 0.29) is 0 Å². The van der Waals surface area contributed by atoms with E-state index in [9.17, 15) is 0 Å². The molecule has 0 radical (unpaired) electrons. The molecule has 0 spiro atoms. The van der Waals surface area contributed by atoms with E-state index in [1.165, 1.54) is 0 Å². The number of hydrogen-bond acceptors (Lipinski definition) is 3. The van der Waals surface area contributed by atoms with Crippen LogP contribution in [0.25, 0.3) is 0 Å². The Labute approximate surface area is 112 Å². The normalized spacial score (nSPS) is 10.1. The van der Waals surface area contributed by atoms with Crippen LogP contribution in [-0.4, -0.2) is 10.2 Å². The molecule has 1 aromatic carbocycles. The van der Waals surface area contributed by atoms with Crippen LogP contribution in [0.4, 0.5) is 0 Å². The minimum absolute atomic E-state index is 0.358. The van der Waals surface area contributed by atoms with Gasteiger partial charge in [-0.1, -0.05) is 0 Å². The van der Waals surface area contributed by atoms with Crippen LogP contribution in [0.5, 0.6) is 11.6 Å². The lowest BCUT2D eigenvalue weighted by Crippen LogP contribution is -1.93. The highest BCUT2D eigenvalue weighted by Crippen LogP contribution is 2.19. The number of ether oxygens (including phenoxy) is 1. The second kappa shape index (κ2) is 5.45. The van der Waals surface area contributed by atoms with E-state index in [2.05, 4.69) is 32.8 Å². The summed E-state index contributed by atoms with van der Waals surface area (Å²) in [6.07, 6.45) is 0. The van der Waals surface area contributed by atoms with Gasteiger partial charge >= 0.3 is 0 Å². The highest BCUT2D eigenvalue weighted by molar-refractivity contribution is 14.1. The van der Waals surface area contributed by atoms with Gasteiger partial charge in [-0.15, -0.1) is 16.7 Å². The molecule has 0 bridgehead atoms. The first-order valence-electron chi connectivity index (χ1n) is 4.60. The maximum absolute atomic E-state index is 5.61. The topological polar surface area (TPSA) is 35.0 Å². The van der Waals surface area contributed by atoms with Gasteiger partial charge in [0.05, 0.1) is 11.6 Å². The summed E-state index contributed by atoms with van der Waals surface area (Å²) in [4.78, 5) is 0. The van der Waals surface area contributed by atoms with Crippen molar-refractivity contribution in [2.75, 3.05) is 0 Å². The Morgan fingerprint density at radius 2 is 1.81 bits per heavy atom. The van der Waals surface area contributed by atoms with Gasteiger partial charge in [-0.25, -0.2) is 0 Å². The van der Waals surface area contributed by atoms with Crippen LogP contribution in [0, 0.1) is 3.57 Å². The largest absolute Gasteiger partial charge is 0.438 e. The Balaban J connectivity index is 2.11. The monoisotopic (exact) mass is 346 g/mol. The van der Waals surface area contributed by atoms with E-state index in [1.54, 1.807) is 12.1 Å². The Morgan fingerprint density at radius 1 is 1.06 bits per heavy atom. The first kappa shape index (κ1) is 11.6. The van der Waals surface area contributed by atoms with Crippen LogP contribution in [0.3, 0.4) is 0 Å². The summed E-state index contributed by atoms with van der Waals surface area (Å²) in [6, 6.07) is 11.3. The lowest BCUT2D eigenvalue weighted by Gasteiger charge is -2.03. The van der Waals surface area contributed by atoms with Gasteiger partial charge in [0.25, 0.3) is 0 Å². The average Bonchev–Trinajstić information content (AvgIpc) is 2.33. The highest BCUT2D eigenvalue weighted by atomic mass is 127. The van der Waals surface area contributed by atoms with E-state index in [4.69, 9.17) is 16.3 Å². The molecular weight excluding hydrogens is 338 g/mol. The Bertz CT molecular complexity index is 458. The average molecular weight is 347 g/mol. The van der Waals surface area contributed by atoms with Crippen molar-refractivity contribution in [3.63, 3.8) is 0 Å². The molecule has 16 heavy (non-hydrogen) atoms. The molecule has 0 N–H and O–H groups in total.